The number of methoxy groups -OCH3 is 1. The molecule has 1 N–H and O–H groups in total. The Morgan fingerprint density at radius 2 is 1.98 bits per heavy atom. The molecule has 44 heavy (non-hydrogen) atoms. The molecule has 5 atom stereocenters. The van der Waals surface area contributed by atoms with Crippen molar-refractivity contribution in [3.63, 3.8) is 0 Å². The average molecular weight is 626 g/mol. The van der Waals surface area contributed by atoms with Crippen LogP contribution in [0, 0.1) is 11.3 Å². The Kier molecular flexibility index (Phi) is 9.35. The first-order chi connectivity index (χ1) is 21.2. The summed E-state index contributed by atoms with van der Waals surface area (Å²) in [4.78, 5) is 37.2. The molecular formula is C30H42F3N5O6. The molecule has 4 aliphatic heterocycles. The van der Waals surface area contributed by atoms with E-state index in [-0.39, 0.29) is 49.7 Å². The number of nitrogens with zero attached hydrogens (tertiary/aromatic N) is 4. The Hall–Kier alpha value is -2.52. The Morgan fingerprint density at radius 3 is 2.75 bits per heavy atom. The van der Waals surface area contributed by atoms with Crippen molar-refractivity contribution < 1.29 is 41.7 Å². The van der Waals surface area contributed by atoms with Gasteiger partial charge in [0.1, 0.15) is 6.61 Å². The highest BCUT2D eigenvalue weighted by Gasteiger charge is 2.60. The lowest BCUT2D eigenvalue weighted by atomic mass is 9.78. The number of hydrogen-bond donors (Lipinski definition) is 1. The first kappa shape index (κ1) is 31.5. The monoisotopic (exact) mass is 625 g/mol. The lowest BCUT2D eigenvalue weighted by Crippen LogP contribution is -2.52. The third-order valence-electron chi connectivity index (χ3n) is 10.0. The molecule has 1 aliphatic carbocycles. The molecule has 1 saturated carbocycles. The van der Waals surface area contributed by atoms with Crippen LogP contribution in [0.25, 0.3) is 0 Å². The lowest BCUT2D eigenvalue weighted by Gasteiger charge is -2.37. The normalized spacial score (nSPS) is 31.1. The van der Waals surface area contributed by atoms with E-state index in [1.165, 1.54) is 0 Å². The Balaban J connectivity index is 1.17. The zero-order valence-electron chi connectivity index (χ0n) is 25.2. The molecule has 6 rings (SSSR count). The minimum absolute atomic E-state index is 0.0276. The molecule has 244 valence electrons. The van der Waals surface area contributed by atoms with E-state index in [0.29, 0.717) is 76.6 Å². The third-order valence-corrected chi connectivity index (χ3v) is 10.0. The van der Waals surface area contributed by atoms with Crippen LogP contribution in [0.2, 0.25) is 0 Å². The van der Waals surface area contributed by atoms with E-state index in [9.17, 15) is 22.8 Å². The van der Waals surface area contributed by atoms with Crippen molar-refractivity contribution in [2.75, 3.05) is 79.4 Å². The Labute approximate surface area is 255 Å². The molecule has 0 aromatic carbocycles. The van der Waals surface area contributed by atoms with E-state index >= 15 is 0 Å². The van der Waals surface area contributed by atoms with Crippen molar-refractivity contribution >= 4 is 12.0 Å². The number of morpholine rings is 1. The number of carbonyl (C=O) groups is 2. The fourth-order valence-electron chi connectivity index (χ4n) is 7.65. The Bertz CT molecular complexity index is 1200. The second kappa shape index (κ2) is 13.1. The van der Waals surface area contributed by atoms with E-state index in [2.05, 4.69) is 15.2 Å². The lowest BCUT2D eigenvalue weighted by molar-refractivity contribution is -0.143. The molecule has 4 fully saturated rings. The van der Waals surface area contributed by atoms with Gasteiger partial charge in [0.15, 0.2) is 0 Å². The van der Waals surface area contributed by atoms with Crippen molar-refractivity contribution in [2.45, 2.75) is 56.6 Å². The van der Waals surface area contributed by atoms with E-state index in [1.54, 1.807) is 16.9 Å². The molecule has 0 radical (unpaired) electrons. The second-order valence-electron chi connectivity index (χ2n) is 12.7. The maximum atomic E-state index is 14.5. The van der Waals surface area contributed by atoms with Crippen molar-refractivity contribution in [3.05, 3.63) is 29.1 Å². The van der Waals surface area contributed by atoms with Crippen LogP contribution >= 0.6 is 0 Å². The number of hydrogen-bond acceptors (Lipinski definition) is 9. The highest BCUT2D eigenvalue weighted by molar-refractivity contribution is 5.86. The minimum atomic E-state index is -4.51. The molecule has 1 aromatic heterocycles. The highest BCUT2D eigenvalue weighted by atomic mass is 19.4. The number of rotatable bonds is 7. The standard InChI is InChI=1S/C30H42F3N5O6/c1-41-26-18-43-8-3-25(26)35-23-13-22-17-38(28(40)44-11-7-36-5-9-42-10-6-36)19-29(22,14-23)27(39)37-4-2-24-20(16-37)12-21(15-34-24)30(31,32)33/h12,15,22-23,25-26,35H,2-11,13-14,16-19H2,1H3. The summed E-state index contributed by atoms with van der Waals surface area (Å²) in [6.07, 6.45) is -1.79. The van der Waals surface area contributed by atoms with Crippen molar-refractivity contribution in [2.24, 2.45) is 11.3 Å². The van der Waals surface area contributed by atoms with Crippen LogP contribution in [0.5, 0.6) is 0 Å². The number of carbonyl (C=O) groups excluding carboxylic acids is 2. The molecule has 5 heterocycles. The number of fused-ring (bicyclic) bond motifs is 2. The topological polar surface area (TPSA) is 106 Å². The van der Waals surface area contributed by atoms with Gasteiger partial charge in [-0.15, -0.1) is 0 Å². The van der Waals surface area contributed by atoms with E-state index in [0.717, 1.165) is 31.8 Å². The van der Waals surface area contributed by atoms with Gasteiger partial charge < -0.3 is 34.1 Å². The zero-order valence-corrected chi connectivity index (χ0v) is 25.2. The fourth-order valence-corrected chi connectivity index (χ4v) is 7.65. The summed E-state index contributed by atoms with van der Waals surface area (Å²) < 4.78 is 62.6. The van der Waals surface area contributed by atoms with Gasteiger partial charge >= 0.3 is 12.3 Å². The molecule has 5 aliphatic rings. The first-order valence-corrected chi connectivity index (χ1v) is 15.6. The molecule has 3 saturated heterocycles. The number of likely N-dealkylation sites (tertiary alicyclic amines) is 1. The van der Waals surface area contributed by atoms with Gasteiger partial charge in [-0.2, -0.15) is 13.2 Å². The van der Waals surface area contributed by atoms with Gasteiger partial charge in [-0.1, -0.05) is 0 Å². The molecule has 0 spiro atoms. The summed E-state index contributed by atoms with van der Waals surface area (Å²) in [6.45, 7) is 5.96. The maximum Gasteiger partial charge on any atom is 0.417 e. The van der Waals surface area contributed by atoms with Crippen LogP contribution in [0.3, 0.4) is 0 Å². The first-order valence-electron chi connectivity index (χ1n) is 15.6. The van der Waals surface area contributed by atoms with Crippen molar-refractivity contribution in [3.8, 4) is 0 Å². The van der Waals surface area contributed by atoms with Crippen LogP contribution in [0.4, 0.5) is 18.0 Å². The maximum absolute atomic E-state index is 14.5. The van der Waals surface area contributed by atoms with Crippen LogP contribution in [-0.2, 0) is 42.9 Å². The van der Waals surface area contributed by atoms with Gasteiger partial charge in [0.05, 0.1) is 36.9 Å². The van der Waals surface area contributed by atoms with E-state index in [4.69, 9.17) is 18.9 Å². The minimum Gasteiger partial charge on any atom is -0.448 e. The van der Waals surface area contributed by atoms with Crippen molar-refractivity contribution in [1.82, 2.24) is 25.0 Å². The van der Waals surface area contributed by atoms with E-state index < -0.39 is 23.2 Å². The number of pyridine rings is 1. The van der Waals surface area contributed by atoms with Gasteiger partial charge in [0.2, 0.25) is 5.91 Å². The highest BCUT2D eigenvalue weighted by Crippen LogP contribution is 2.51. The summed E-state index contributed by atoms with van der Waals surface area (Å²) >= 11 is 0. The number of nitrogens with one attached hydrogen (secondary N) is 1. The average Bonchev–Trinajstić information content (AvgIpc) is 3.55. The van der Waals surface area contributed by atoms with Crippen molar-refractivity contribution in [1.29, 1.82) is 0 Å². The molecule has 5 unspecified atom stereocenters. The van der Waals surface area contributed by atoms with Crippen LogP contribution < -0.4 is 5.32 Å². The predicted octanol–water partition coefficient (Wildman–Crippen LogP) is 1.93. The fraction of sp³-hybridized carbons (Fsp3) is 0.767. The Morgan fingerprint density at radius 1 is 1.16 bits per heavy atom. The predicted molar refractivity (Wildman–Crippen MR) is 151 cm³/mol. The number of alkyl halides is 3. The number of ether oxygens (including phenoxy) is 4. The van der Waals surface area contributed by atoms with Gasteiger partial charge in [-0.3, -0.25) is 14.7 Å². The van der Waals surface area contributed by atoms with Gasteiger partial charge in [0, 0.05) is 89.9 Å². The van der Waals surface area contributed by atoms with Gasteiger partial charge in [0.25, 0.3) is 0 Å². The SMILES string of the molecule is COC1COCCC1NC1CC2CN(C(=O)OCCN3CCOCC3)CC2(C(=O)N2CCc3ncc(C(F)(F)F)cc3C2)C1. The summed E-state index contributed by atoms with van der Waals surface area (Å²) in [7, 11) is 1.66. The molecule has 2 amide bonds. The molecule has 11 nitrogen and oxygen atoms in total. The summed E-state index contributed by atoms with van der Waals surface area (Å²) in [5.74, 6) is -0.227. The van der Waals surface area contributed by atoms with E-state index in [1.807, 2.05) is 0 Å². The smallest absolute Gasteiger partial charge is 0.417 e. The quantitative estimate of drug-likeness (QED) is 0.487. The summed E-state index contributed by atoms with van der Waals surface area (Å²) in [6, 6.07) is 1.22. The second-order valence-corrected chi connectivity index (χ2v) is 12.7. The number of halogens is 3. The largest absolute Gasteiger partial charge is 0.448 e. The van der Waals surface area contributed by atoms with Crippen LogP contribution in [0.15, 0.2) is 12.3 Å². The molecule has 1 aromatic rings. The van der Waals surface area contributed by atoms with Gasteiger partial charge in [-0.25, -0.2) is 4.79 Å². The summed E-state index contributed by atoms with van der Waals surface area (Å²) in [5.41, 5.74) is -0.671. The zero-order chi connectivity index (χ0) is 30.9. The molecular weight excluding hydrogens is 583 g/mol. The number of amides is 2. The third kappa shape index (κ3) is 6.55. The van der Waals surface area contributed by atoms with Crippen LogP contribution in [-0.4, -0.2) is 129 Å². The van der Waals surface area contributed by atoms with Gasteiger partial charge in [-0.05, 0) is 36.8 Å². The summed E-state index contributed by atoms with van der Waals surface area (Å²) in [5, 5.41) is 3.72. The molecule has 14 heteroatoms. The number of aromatic nitrogens is 1. The van der Waals surface area contributed by atoms with Crippen LogP contribution in [0.1, 0.15) is 36.1 Å². The molecule has 0 bridgehead atoms.